The molecule has 1 aliphatic rings. The average Bonchev–Trinajstić information content (AvgIpc) is 2.69. The Bertz CT molecular complexity index is 952. The lowest BCUT2D eigenvalue weighted by Crippen LogP contribution is -2.36. The van der Waals surface area contributed by atoms with Crippen LogP contribution in [0.2, 0.25) is 0 Å². The van der Waals surface area contributed by atoms with E-state index in [1.54, 1.807) is 12.1 Å². The lowest BCUT2D eigenvalue weighted by atomic mass is 10.2. The van der Waals surface area contributed by atoms with E-state index in [9.17, 15) is 4.79 Å². The molecule has 7 heteroatoms. The van der Waals surface area contributed by atoms with Crippen LogP contribution in [0.1, 0.15) is 16.2 Å². The van der Waals surface area contributed by atoms with Crippen molar-refractivity contribution in [2.24, 2.45) is 5.73 Å². The molecule has 7 nitrogen and oxygen atoms in total. The summed E-state index contributed by atoms with van der Waals surface area (Å²) in [5.41, 5.74) is 7.51. The molecular weight excluding hydrogens is 342 g/mol. The van der Waals surface area contributed by atoms with Gasteiger partial charge >= 0.3 is 0 Å². The number of hydrogen-bond donors (Lipinski definition) is 2. The second-order valence-electron chi connectivity index (χ2n) is 6.46. The summed E-state index contributed by atoms with van der Waals surface area (Å²) in [5.74, 6) is 1.07. The molecule has 1 aliphatic heterocycles. The predicted octanol–water partition coefficient (Wildman–Crippen LogP) is 2.30. The summed E-state index contributed by atoms with van der Waals surface area (Å²) in [5, 5.41) is 4.29. The van der Waals surface area contributed by atoms with Crippen LogP contribution in [0.15, 0.2) is 48.5 Å². The zero-order valence-electron chi connectivity index (χ0n) is 14.9. The Hall–Kier alpha value is -3.03. The molecule has 27 heavy (non-hydrogen) atoms. The normalized spacial score (nSPS) is 15.0. The third-order valence-electron chi connectivity index (χ3n) is 4.55. The Morgan fingerprint density at radius 1 is 1.07 bits per heavy atom. The second kappa shape index (κ2) is 7.69. The third-order valence-corrected chi connectivity index (χ3v) is 4.55. The lowest BCUT2D eigenvalue weighted by molar-refractivity contribution is 0.0331. The number of aromatic nitrogens is 2. The number of para-hydroxylation sites is 1. The van der Waals surface area contributed by atoms with Gasteiger partial charge in [0.1, 0.15) is 11.6 Å². The summed E-state index contributed by atoms with van der Waals surface area (Å²) in [7, 11) is 0. The van der Waals surface area contributed by atoms with E-state index in [1.807, 2.05) is 36.4 Å². The van der Waals surface area contributed by atoms with Crippen molar-refractivity contribution in [2.75, 3.05) is 31.6 Å². The molecule has 0 saturated carbocycles. The van der Waals surface area contributed by atoms with Crippen molar-refractivity contribution < 1.29 is 9.53 Å². The smallest absolute Gasteiger partial charge is 0.248 e. The van der Waals surface area contributed by atoms with Gasteiger partial charge in [0.05, 0.1) is 25.3 Å². The number of nitrogens with one attached hydrogen (secondary N) is 1. The fourth-order valence-corrected chi connectivity index (χ4v) is 3.10. The molecule has 0 unspecified atom stereocenters. The molecule has 2 aromatic carbocycles. The summed E-state index contributed by atoms with van der Waals surface area (Å²) in [6.45, 7) is 3.93. The summed E-state index contributed by atoms with van der Waals surface area (Å²) in [6, 6.07) is 15.0. The van der Waals surface area contributed by atoms with Crippen molar-refractivity contribution in [3.63, 3.8) is 0 Å². The predicted molar refractivity (Wildman–Crippen MR) is 104 cm³/mol. The van der Waals surface area contributed by atoms with Crippen LogP contribution in [0.3, 0.4) is 0 Å². The van der Waals surface area contributed by atoms with Crippen molar-refractivity contribution in [2.45, 2.75) is 6.54 Å². The number of nitrogens with zero attached hydrogens (tertiary/aromatic N) is 3. The molecule has 4 rings (SSSR count). The van der Waals surface area contributed by atoms with Gasteiger partial charge in [-0.2, -0.15) is 0 Å². The minimum absolute atomic E-state index is 0.443. The van der Waals surface area contributed by atoms with Crippen LogP contribution in [0, 0.1) is 0 Å². The highest BCUT2D eigenvalue weighted by Gasteiger charge is 2.14. The van der Waals surface area contributed by atoms with E-state index in [1.165, 1.54) is 0 Å². The molecule has 3 aromatic rings. The number of amides is 1. The van der Waals surface area contributed by atoms with Crippen LogP contribution >= 0.6 is 0 Å². The van der Waals surface area contributed by atoms with Crippen molar-refractivity contribution in [3.05, 3.63) is 59.9 Å². The van der Waals surface area contributed by atoms with Crippen LogP contribution in [-0.2, 0) is 11.3 Å². The van der Waals surface area contributed by atoms with Crippen molar-refractivity contribution in [3.8, 4) is 0 Å². The molecule has 1 amide bonds. The molecule has 138 valence electrons. The van der Waals surface area contributed by atoms with Crippen molar-refractivity contribution in [1.29, 1.82) is 0 Å². The van der Waals surface area contributed by atoms with E-state index in [0.717, 1.165) is 54.5 Å². The molecule has 0 spiro atoms. The Balaban J connectivity index is 1.64. The lowest BCUT2D eigenvalue weighted by Gasteiger charge is -2.26. The average molecular weight is 363 g/mol. The number of morpholine rings is 1. The van der Waals surface area contributed by atoms with Crippen LogP contribution in [0.25, 0.3) is 10.9 Å². The molecule has 0 bridgehead atoms. The quantitative estimate of drug-likeness (QED) is 0.722. The van der Waals surface area contributed by atoms with Gasteiger partial charge < -0.3 is 15.8 Å². The van der Waals surface area contributed by atoms with Crippen molar-refractivity contribution in [1.82, 2.24) is 14.9 Å². The van der Waals surface area contributed by atoms with Gasteiger partial charge in [-0.1, -0.05) is 12.1 Å². The monoisotopic (exact) mass is 363 g/mol. The maximum atomic E-state index is 11.2. The number of anilines is 2. The van der Waals surface area contributed by atoms with Gasteiger partial charge in [-0.15, -0.1) is 0 Å². The van der Waals surface area contributed by atoms with Gasteiger partial charge in [0.2, 0.25) is 5.91 Å². The Morgan fingerprint density at radius 3 is 2.56 bits per heavy atom. The van der Waals surface area contributed by atoms with Gasteiger partial charge in [-0.3, -0.25) is 9.69 Å². The molecule has 1 saturated heterocycles. The van der Waals surface area contributed by atoms with Gasteiger partial charge in [-0.25, -0.2) is 9.97 Å². The molecule has 3 N–H and O–H groups in total. The SMILES string of the molecule is NC(=O)c1ccc(Nc2nc(CN3CCOCC3)nc3ccccc23)cc1. The summed E-state index contributed by atoms with van der Waals surface area (Å²) in [4.78, 5) is 23.0. The molecular formula is C20H21N5O2. The first-order valence-corrected chi connectivity index (χ1v) is 8.92. The zero-order chi connectivity index (χ0) is 18.6. The first kappa shape index (κ1) is 17.4. The summed E-state index contributed by atoms with van der Waals surface area (Å²) >= 11 is 0. The zero-order valence-corrected chi connectivity index (χ0v) is 14.9. The summed E-state index contributed by atoms with van der Waals surface area (Å²) in [6.07, 6.45) is 0. The van der Waals surface area contributed by atoms with Gasteiger partial charge in [0.25, 0.3) is 0 Å². The number of fused-ring (bicyclic) bond motifs is 1. The minimum atomic E-state index is -0.443. The highest BCUT2D eigenvalue weighted by atomic mass is 16.5. The van der Waals surface area contributed by atoms with E-state index in [4.69, 9.17) is 20.4 Å². The number of nitrogens with two attached hydrogens (primary N) is 1. The van der Waals surface area contributed by atoms with E-state index in [2.05, 4.69) is 10.2 Å². The third kappa shape index (κ3) is 4.05. The number of benzene rings is 2. The molecule has 1 aromatic heterocycles. The number of hydrogen-bond acceptors (Lipinski definition) is 6. The maximum Gasteiger partial charge on any atom is 0.248 e. The van der Waals surface area contributed by atoms with Crippen molar-refractivity contribution >= 4 is 28.3 Å². The summed E-state index contributed by atoms with van der Waals surface area (Å²) < 4.78 is 5.41. The van der Waals surface area contributed by atoms with E-state index in [-0.39, 0.29) is 0 Å². The van der Waals surface area contributed by atoms with Crippen LogP contribution in [0.5, 0.6) is 0 Å². The molecule has 0 atom stereocenters. The molecule has 0 radical (unpaired) electrons. The van der Waals surface area contributed by atoms with Gasteiger partial charge in [0, 0.05) is 29.7 Å². The molecule has 0 aliphatic carbocycles. The standard InChI is InChI=1S/C20H21N5O2/c21-19(26)14-5-7-15(8-6-14)22-20-16-3-1-2-4-17(16)23-18(24-20)13-25-9-11-27-12-10-25/h1-8H,9-13H2,(H2,21,26)(H,22,23,24). The Morgan fingerprint density at radius 2 is 1.81 bits per heavy atom. The number of ether oxygens (including phenoxy) is 1. The van der Waals surface area contributed by atoms with Crippen LogP contribution in [-0.4, -0.2) is 47.1 Å². The number of rotatable bonds is 5. The number of carbonyl (C=O) groups excluding carboxylic acids is 1. The highest BCUT2D eigenvalue weighted by molar-refractivity contribution is 5.94. The highest BCUT2D eigenvalue weighted by Crippen LogP contribution is 2.24. The maximum absolute atomic E-state index is 11.2. The van der Waals surface area contributed by atoms with E-state index in [0.29, 0.717) is 12.1 Å². The van der Waals surface area contributed by atoms with Gasteiger partial charge in [-0.05, 0) is 36.4 Å². The first-order chi connectivity index (χ1) is 13.2. The van der Waals surface area contributed by atoms with E-state index < -0.39 is 5.91 Å². The van der Waals surface area contributed by atoms with Crippen LogP contribution < -0.4 is 11.1 Å². The second-order valence-corrected chi connectivity index (χ2v) is 6.46. The number of carbonyl (C=O) groups is 1. The Labute approximate surface area is 157 Å². The van der Waals surface area contributed by atoms with E-state index >= 15 is 0 Å². The number of primary amides is 1. The fourth-order valence-electron chi connectivity index (χ4n) is 3.10. The van der Waals surface area contributed by atoms with Gasteiger partial charge in [0.15, 0.2) is 0 Å². The topological polar surface area (TPSA) is 93.4 Å². The molecule has 2 heterocycles. The first-order valence-electron chi connectivity index (χ1n) is 8.92. The molecule has 1 fully saturated rings. The minimum Gasteiger partial charge on any atom is -0.379 e. The fraction of sp³-hybridized carbons (Fsp3) is 0.250. The Kier molecular flexibility index (Phi) is 4.95. The van der Waals surface area contributed by atoms with Crippen LogP contribution in [0.4, 0.5) is 11.5 Å². The largest absolute Gasteiger partial charge is 0.379 e.